The van der Waals surface area contributed by atoms with Gasteiger partial charge >= 0.3 is 0 Å². The molecular formula is C54H46F3N5. The number of para-hydroxylation sites is 4. The zero-order valence-corrected chi connectivity index (χ0v) is 35.5. The summed E-state index contributed by atoms with van der Waals surface area (Å²) >= 11 is 0. The van der Waals surface area contributed by atoms with E-state index in [9.17, 15) is 8.96 Å². The summed E-state index contributed by atoms with van der Waals surface area (Å²) in [6.45, 7) is 8.05. The molecule has 0 N–H and O–H groups in total. The van der Waals surface area contributed by atoms with Crippen LogP contribution in [0.1, 0.15) is 25.0 Å². The zero-order valence-electron chi connectivity index (χ0n) is 35.5. The molecule has 0 saturated carbocycles. The Kier molecular flexibility index (Phi) is 10.5. The standard InChI is InChI=1S/C36H22FN3.C14H12FN.C2H6FN.C2H6/c37-40-35-19-17-23(38-31-13-5-1-9-25(31)26-10-2-6-14-32(26)38)21-29(35)30-22-24(18-20-36(30)40)39-33-15-7-3-11-27(33)28-12-4-8-16-34(28)39;1-9-3-5-13-11(7-9)12-8-10(2)4-6-14(12)16(13)15;1-4(2)3;1-2/h1-22H;3-8H,1-2H3;1-2H3;1-2H3. The molecule has 12 aromatic rings. The lowest BCUT2D eigenvalue weighted by Crippen LogP contribution is -1.94. The second kappa shape index (κ2) is 16.3. The third-order valence-corrected chi connectivity index (χ3v) is 11.4. The van der Waals surface area contributed by atoms with E-state index in [1.165, 1.54) is 35.6 Å². The lowest BCUT2D eigenvalue weighted by atomic mass is 10.1. The Labute approximate surface area is 357 Å². The summed E-state index contributed by atoms with van der Waals surface area (Å²) in [6, 6.07) is 57.6. The van der Waals surface area contributed by atoms with Gasteiger partial charge in [-0.1, -0.05) is 119 Å². The summed E-state index contributed by atoms with van der Waals surface area (Å²) in [6.07, 6.45) is 0. The maximum atomic E-state index is 15.7. The molecule has 0 atom stereocenters. The summed E-state index contributed by atoms with van der Waals surface area (Å²) < 4.78 is 45.1. The molecule has 0 aliphatic carbocycles. The smallest absolute Gasteiger partial charge is 0.0827 e. The molecule has 0 spiro atoms. The van der Waals surface area contributed by atoms with Gasteiger partial charge in [-0.05, 0) is 98.8 Å². The van der Waals surface area contributed by atoms with E-state index in [2.05, 4.69) is 118 Å². The fraction of sp³-hybridized carbons (Fsp3) is 0.111. The Balaban J connectivity index is 0.000000185. The normalized spacial score (nSPS) is 11.5. The van der Waals surface area contributed by atoms with Gasteiger partial charge in [0.05, 0.1) is 44.1 Å². The Morgan fingerprint density at radius 2 is 0.597 bits per heavy atom. The van der Waals surface area contributed by atoms with Crippen molar-refractivity contribution in [3.8, 4) is 11.4 Å². The Hall–Kier alpha value is -7.29. The van der Waals surface area contributed by atoms with Crippen molar-refractivity contribution in [1.29, 1.82) is 0 Å². The van der Waals surface area contributed by atoms with E-state index < -0.39 is 0 Å². The first-order valence-corrected chi connectivity index (χ1v) is 20.9. The topological polar surface area (TPSA) is 23.0 Å². The Bertz CT molecular complexity index is 3260. The van der Waals surface area contributed by atoms with Crippen molar-refractivity contribution < 1.29 is 13.4 Å². The number of hydrogen-bond donors (Lipinski definition) is 0. The van der Waals surface area contributed by atoms with Crippen LogP contribution in [0.15, 0.2) is 170 Å². The van der Waals surface area contributed by atoms with Crippen LogP contribution in [0.5, 0.6) is 0 Å². The number of halogens is 3. The van der Waals surface area contributed by atoms with Crippen LogP contribution in [0.25, 0.3) is 98.6 Å². The molecule has 12 rings (SSSR count). The highest BCUT2D eigenvalue weighted by Crippen LogP contribution is 2.38. The number of aryl methyl sites for hydroxylation is 2. The van der Waals surface area contributed by atoms with Crippen LogP contribution in [-0.2, 0) is 0 Å². The second-order valence-electron chi connectivity index (χ2n) is 15.5. The summed E-state index contributed by atoms with van der Waals surface area (Å²) in [5.74, 6) is 0. The highest BCUT2D eigenvalue weighted by molar-refractivity contribution is 6.13. The van der Waals surface area contributed by atoms with E-state index in [1.54, 1.807) is 0 Å². The first kappa shape index (κ1) is 40.1. The predicted octanol–water partition coefficient (Wildman–Crippen LogP) is 15.3. The predicted molar refractivity (Wildman–Crippen MR) is 256 cm³/mol. The molecule has 5 nitrogen and oxygen atoms in total. The largest absolute Gasteiger partial charge is 0.309 e. The first-order valence-electron chi connectivity index (χ1n) is 20.9. The molecule has 0 unspecified atom stereocenters. The highest BCUT2D eigenvalue weighted by atomic mass is 19.2. The molecule has 0 amide bonds. The van der Waals surface area contributed by atoms with Crippen molar-refractivity contribution in [3.05, 3.63) is 181 Å². The monoisotopic (exact) mass is 821 g/mol. The highest BCUT2D eigenvalue weighted by Gasteiger charge is 2.18. The summed E-state index contributed by atoms with van der Waals surface area (Å²) in [5.41, 5.74) is 11.3. The molecule has 0 fully saturated rings. The van der Waals surface area contributed by atoms with Crippen molar-refractivity contribution in [2.45, 2.75) is 27.7 Å². The van der Waals surface area contributed by atoms with E-state index in [1.807, 2.05) is 88.4 Å². The molecular weight excluding hydrogens is 776 g/mol. The quantitative estimate of drug-likeness (QED) is 0.159. The third kappa shape index (κ3) is 6.73. The van der Waals surface area contributed by atoms with Gasteiger partial charge < -0.3 is 9.13 Å². The van der Waals surface area contributed by atoms with Gasteiger partial charge in [0.25, 0.3) is 0 Å². The van der Waals surface area contributed by atoms with Crippen molar-refractivity contribution in [1.82, 2.24) is 23.8 Å². The van der Waals surface area contributed by atoms with Gasteiger partial charge in [0.2, 0.25) is 0 Å². The van der Waals surface area contributed by atoms with Gasteiger partial charge in [-0.15, -0.1) is 4.48 Å². The first-order chi connectivity index (χ1) is 30.2. The molecule has 0 aliphatic rings. The number of benzene rings is 8. The van der Waals surface area contributed by atoms with Gasteiger partial charge in [0.15, 0.2) is 0 Å². The molecule has 0 bridgehead atoms. The molecule has 62 heavy (non-hydrogen) atoms. The average Bonchev–Trinajstić information content (AvgIpc) is 3.98. The second-order valence-corrected chi connectivity index (χ2v) is 15.5. The Morgan fingerprint density at radius 3 is 0.903 bits per heavy atom. The van der Waals surface area contributed by atoms with Crippen molar-refractivity contribution in [2.24, 2.45) is 0 Å². The SMILES string of the molecule is CC.CN(C)F.Cc1ccc2c(c1)c1cc(C)ccc1n2F.Fn1c2ccc(-n3c4ccccc4c4ccccc43)cc2c2cc(-n3c4ccccc4c4ccccc43)ccc21. The van der Waals surface area contributed by atoms with E-state index in [0.29, 0.717) is 27.2 Å². The number of nitrogens with zero attached hydrogens (tertiary/aromatic N) is 5. The fourth-order valence-electron chi connectivity index (χ4n) is 8.83. The van der Waals surface area contributed by atoms with Crippen molar-refractivity contribution in [2.75, 3.05) is 14.1 Å². The fourth-order valence-corrected chi connectivity index (χ4v) is 8.83. The number of fused-ring (bicyclic) bond motifs is 12. The molecule has 8 aromatic carbocycles. The van der Waals surface area contributed by atoms with Gasteiger partial charge in [-0.2, -0.15) is 14.7 Å². The lowest BCUT2D eigenvalue weighted by Gasteiger charge is -2.09. The number of rotatable bonds is 2. The number of aromatic nitrogens is 4. The molecule has 308 valence electrons. The summed E-state index contributed by atoms with van der Waals surface area (Å²) in [7, 11) is 2.67. The van der Waals surface area contributed by atoms with Crippen molar-refractivity contribution >= 4 is 87.2 Å². The molecule has 4 aromatic heterocycles. The molecule has 4 heterocycles. The van der Waals surface area contributed by atoms with Crippen LogP contribution in [0.2, 0.25) is 0 Å². The van der Waals surface area contributed by atoms with Crippen LogP contribution in [0.4, 0.5) is 13.4 Å². The van der Waals surface area contributed by atoms with Crippen LogP contribution >= 0.6 is 0 Å². The lowest BCUT2D eigenvalue weighted by molar-refractivity contribution is 0.0977. The van der Waals surface area contributed by atoms with Gasteiger partial charge in [0.1, 0.15) is 0 Å². The van der Waals surface area contributed by atoms with Crippen molar-refractivity contribution in [3.63, 3.8) is 0 Å². The van der Waals surface area contributed by atoms with Gasteiger partial charge in [-0.25, -0.2) is 0 Å². The van der Waals surface area contributed by atoms with Gasteiger partial charge in [0, 0.05) is 68.6 Å². The molecule has 0 saturated heterocycles. The average molecular weight is 822 g/mol. The minimum atomic E-state index is 0.500. The minimum absolute atomic E-state index is 0.500. The Morgan fingerprint density at radius 1 is 0.339 bits per heavy atom. The minimum Gasteiger partial charge on any atom is -0.309 e. The van der Waals surface area contributed by atoms with E-state index in [4.69, 9.17) is 0 Å². The number of hydrogen-bond acceptors (Lipinski definition) is 1. The molecule has 0 aliphatic heterocycles. The molecule has 8 heteroatoms. The molecule has 0 radical (unpaired) electrons. The summed E-state index contributed by atoms with van der Waals surface area (Å²) in [5, 5.41) is 9.08. The van der Waals surface area contributed by atoms with Crippen LogP contribution in [0.3, 0.4) is 0 Å². The third-order valence-electron chi connectivity index (χ3n) is 11.4. The van der Waals surface area contributed by atoms with E-state index in [-0.39, 0.29) is 0 Å². The maximum absolute atomic E-state index is 15.7. The van der Waals surface area contributed by atoms with Crippen LogP contribution in [0, 0.1) is 13.8 Å². The van der Waals surface area contributed by atoms with Crippen LogP contribution in [-0.4, -0.2) is 37.9 Å². The maximum Gasteiger partial charge on any atom is 0.0827 e. The van der Waals surface area contributed by atoms with Gasteiger partial charge in [-0.3, -0.25) is 0 Å². The van der Waals surface area contributed by atoms with E-state index in [0.717, 1.165) is 75.7 Å². The van der Waals surface area contributed by atoms with E-state index >= 15 is 4.48 Å². The summed E-state index contributed by atoms with van der Waals surface area (Å²) in [4.78, 5) is 1.58. The zero-order chi connectivity index (χ0) is 43.2. The van der Waals surface area contributed by atoms with Crippen LogP contribution < -0.4 is 0 Å².